The molecule has 0 aliphatic carbocycles. The molecule has 1 unspecified atom stereocenters. The van der Waals surface area contributed by atoms with Crippen molar-refractivity contribution in [2.24, 2.45) is 0 Å². The standard InChI is InChI=1S/C9H7BrCl2O/c10-7-4-2-1-3-6(7)5-8(11)9(12)13/h1-4,8H,5H2. The molecule has 13 heavy (non-hydrogen) atoms. The summed E-state index contributed by atoms with van der Waals surface area (Å²) in [5, 5.41) is -1.17. The fourth-order valence-electron chi connectivity index (χ4n) is 0.937. The zero-order chi connectivity index (χ0) is 9.84. The summed E-state index contributed by atoms with van der Waals surface area (Å²) in [7, 11) is 0. The average Bonchev–Trinajstić information content (AvgIpc) is 2.08. The van der Waals surface area contributed by atoms with Gasteiger partial charge in [-0.3, -0.25) is 4.79 Å². The van der Waals surface area contributed by atoms with E-state index in [2.05, 4.69) is 15.9 Å². The van der Waals surface area contributed by atoms with Crippen molar-refractivity contribution < 1.29 is 4.79 Å². The van der Waals surface area contributed by atoms with Crippen LogP contribution in [0.1, 0.15) is 5.56 Å². The highest BCUT2D eigenvalue weighted by Gasteiger charge is 2.14. The van der Waals surface area contributed by atoms with Gasteiger partial charge >= 0.3 is 0 Å². The van der Waals surface area contributed by atoms with Crippen molar-refractivity contribution in [1.29, 1.82) is 0 Å². The molecule has 0 heterocycles. The Bertz CT molecular complexity index is 314. The summed E-state index contributed by atoms with van der Waals surface area (Å²) < 4.78 is 0.943. The highest BCUT2D eigenvalue weighted by Crippen LogP contribution is 2.19. The summed E-state index contributed by atoms with van der Waals surface area (Å²) in [5.41, 5.74) is 0.983. The second kappa shape index (κ2) is 4.99. The quantitative estimate of drug-likeness (QED) is 0.613. The first-order valence-electron chi connectivity index (χ1n) is 3.68. The smallest absolute Gasteiger partial charge is 0.239 e. The van der Waals surface area contributed by atoms with E-state index in [4.69, 9.17) is 23.2 Å². The SMILES string of the molecule is O=C(Cl)C(Cl)Cc1ccccc1Br. The van der Waals surface area contributed by atoms with Gasteiger partial charge in [0.2, 0.25) is 5.24 Å². The third kappa shape index (κ3) is 3.29. The fourth-order valence-corrected chi connectivity index (χ4v) is 1.63. The zero-order valence-electron chi connectivity index (χ0n) is 6.64. The van der Waals surface area contributed by atoms with Crippen molar-refractivity contribution in [3.05, 3.63) is 34.3 Å². The molecule has 1 aromatic carbocycles. The number of hydrogen-bond acceptors (Lipinski definition) is 1. The van der Waals surface area contributed by atoms with E-state index >= 15 is 0 Å². The maximum Gasteiger partial charge on any atom is 0.239 e. The van der Waals surface area contributed by atoms with Gasteiger partial charge in [0.25, 0.3) is 0 Å². The Morgan fingerprint density at radius 3 is 2.62 bits per heavy atom. The molecular weight excluding hydrogens is 275 g/mol. The maximum absolute atomic E-state index is 10.7. The molecule has 0 aliphatic heterocycles. The number of carbonyl (C=O) groups is 1. The predicted molar refractivity (Wildman–Crippen MR) is 58.3 cm³/mol. The van der Waals surface area contributed by atoms with Crippen molar-refractivity contribution in [1.82, 2.24) is 0 Å². The summed E-state index contributed by atoms with van der Waals surface area (Å²) in [6.45, 7) is 0. The summed E-state index contributed by atoms with van der Waals surface area (Å²) in [5.74, 6) is 0. The van der Waals surface area contributed by atoms with Crippen LogP contribution in [-0.4, -0.2) is 10.6 Å². The first kappa shape index (κ1) is 11.0. The van der Waals surface area contributed by atoms with Gasteiger partial charge in [0.05, 0.1) is 0 Å². The summed E-state index contributed by atoms with van der Waals surface area (Å²) in [4.78, 5) is 10.7. The van der Waals surface area contributed by atoms with Gasteiger partial charge in [-0.25, -0.2) is 0 Å². The zero-order valence-corrected chi connectivity index (χ0v) is 9.73. The molecule has 0 N–H and O–H groups in total. The third-order valence-corrected chi connectivity index (χ3v) is 3.10. The van der Waals surface area contributed by atoms with Crippen molar-refractivity contribution >= 4 is 44.4 Å². The Balaban J connectivity index is 2.74. The van der Waals surface area contributed by atoms with E-state index in [0.29, 0.717) is 6.42 Å². The van der Waals surface area contributed by atoms with Gasteiger partial charge < -0.3 is 0 Å². The minimum Gasteiger partial charge on any atom is -0.280 e. The molecule has 0 aromatic heterocycles. The average molecular weight is 282 g/mol. The number of rotatable bonds is 3. The summed E-state index contributed by atoms with van der Waals surface area (Å²) in [6.07, 6.45) is 0.450. The fraction of sp³-hybridized carbons (Fsp3) is 0.222. The Hall–Kier alpha value is -0.0500. The van der Waals surface area contributed by atoms with Crippen molar-refractivity contribution in [2.45, 2.75) is 11.8 Å². The highest BCUT2D eigenvalue weighted by atomic mass is 79.9. The number of carbonyl (C=O) groups excluding carboxylic acids is 1. The minimum absolute atomic E-state index is 0.450. The number of alkyl halides is 1. The monoisotopic (exact) mass is 280 g/mol. The number of benzene rings is 1. The Labute approximate surface area is 95.2 Å². The molecule has 0 radical (unpaired) electrons. The Kier molecular flexibility index (Phi) is 4.23. The van der Waals surface area contributed by atoms with E-state index in [-0.39, 0.29) is 0 Å². The molecule has 1 rings (SSSR count). The van der Waals surface area contributed by atoms with Gasteiger partial charge in [-0.2, -0.15) is 0 Å². The van der Waals surface area contributed by atoms with Crippen LogP contribution in [0.25, 0.3) is 0 Å². The Morgan fingerprint density at radius 2 is 2.08 bits per heavy atom. The third-order valence-electron chi connectivity index (χ3n) is 1.60. The van der Waals surface area contributed by atoms with Crippen LogP contribution in [0.15, 0.2) is 28.7 Å². The first-order chi connectivity index (χ1) is 6.11. The Morgan fingerprint density at radius 1 is 1.46 bits per heavy atom. The molecule has 0 spiro atoms. The molecular formula is C9H7BrCl2O. The van der Waals surface area contributed by atoms with E-state index in [1.165, 1.54) is 0 Å². The lowest BCUT2D eigenvalue weighted by molar-refractivity contribution is -0.111. The van der Waals surface area contributed by atoms with Gasteiger partial charge in [-0.1, -0.05) is 34.1 Å². The second-order valence-electron chi connectivity index (χ2n) is 2.57. The number of halogens is 3. The topological polar surface area (TPSA) is 17.1 Å². The van der Waals surface area contributed by atoms with Gasteiger partial charge in [0.1, 0.15) is 5.38 Å². The van der Waals surface area contributed by atoms with Gasteiger partial charge in [0.15, 0.2) is 0 Å². The van der Waals surface area contributed by atoms with Crippen molar-refractivity contribution in [2.75, 3.05) is 0 Å². The van der Waals surface area contributed by atoms with Crippen molar-refractivity contribution in [3.8, 4) is 0 Å². The first-order valence-corrected chi connectivity index (χ1v) is 5.29. The predicted octanol–water partition coefficient (Wildman–Crippen LogP) is 3.36. The molecule has 0 fully saturated rings. The van der Waals surface area contributed by atoms with Gasteiger partial charge in [-0.15, -0.1) is 11.6 Å². The molecule has 1 nitrogen and oxygen atoms in total. The van der Waals surface area contributed by atoms with Crippen LogP contribution in [0, 0.1) is 0 Å². The molecule has 1 atom stereocenters. The van der Waals surface area contributed by atoms with Crippen LogP contribution in [0.5, 0.6) is 0 Å². The van der Waals surface area contributed by atoms with E-state index < -0.39 is 10.6 Å². The lowest BCUT2D eigenvalue weighted by Gasteiger charge is -2.05. The highest BCUT2D eigenvalue weighted by molar-refractivity contribution is 9.10. The molecule has 70 valence electrons. The summed E-state index contributed by atoms with van der Waals surface area (Å²) >= 11 is 14.3. The van der Waals surface area contributed by atoms with E-state index in [1.54, 1.807) is 0 Å². The van der Waals surface area contributed by atoms with Crippen LogP contribution in [0.4, 0.5) is 0 Å². The second-order valence-corrected chi connectivity index (χ2v) is 4.32. The minimum atomic E-state index is -0.652. The largest absolute Gasteiger partial charge is 0.280 e. The molecule has 1 aromatic rings. The summed E-state index contributed by atoms with van der Waals surface area (Å²) in [6, 6.07) is 7.60. The molecule has 0 bridgehead atoms. The molecule has 4 heteroatoms. The van der Waals surface area contributed by atoms with Crippen LogP contribution >= 0.6 is 39.1 Å². The van der Waals surface area contributed by atoms with E-state index in [9.17, 15) is 4.79 Å². The number of hydrogen-bond donors (Lipinski definition) is 0. The van der Waals surface area contributed by atoms with Crippen LogP contribution in [0.2, 0.25) is 0 Å². The molecule has 0 saturated heterocycles. The lowest BCUT2D eigenvalue weighted by Crippen LogP contribution is -2.11. The molecule has 0 saturated carbocycles. The van der Waals surface area contributed by atoms with Crippen LogP contribution < -0.4 is 0 Å². The normalized spacial score (nSPS) is 12.5. The van der Waals surface area contributed by atoms with Gasteiger partial charge in [0, 0.05) is 4.47 Å². The van der Waals surface area contributed by atoms with Gasteiger partial charge in [-0.05, 0) is 29.7 Å². The lowest BCUT2D eigenvalue weighted by atomic mass is 10.1. The van der Waals surface area contributed by atoms with E-state index in [0.717, 1.165) is 10.0 Å². The van der Waals surface area contributed by atoms with Crippen LogP contribution in [0.3, 0.4) is 0 Å². The maximum atomic E-state index is 10.7. The molecule has 0 amide bonds. The molecule has 0 aliphatic rings. The van der Waals surface area contributed by atoms with Crippen LogP contribution in [-0.2, 0) is 11.2 Å². The van der Waals surface area contributed by atoms with E-state index in [1.807, 2.05) is 24.3 Å². The van der Waals surface area contributed by atoms with Crippen molar-refractivity contribution in [3.63, 3.8) is 0 Å².